The number of fused-ring (bicyclic) bond motifs is 1. The van der Waals surface area contributed by atoms with Gasteiger partial charge in [-0.15, -0.1) is 0 Å². The van der Waals surface area contributed by atoms with Crippen molar-refractivity contribution in [3.05, 3.63) is 54.1 Å². The maximum Gasteiger partial charge on any atom is 0.268 e. The Kier molecular flexibility index (Phi) is 5.79. The van der Waals surface area contributed by atoms with Gasteiger partial charge in [-0.3, -0.25) is 9.59 Å². The minimum absolute atomic E-state index is 0.00275. The number of carbonyl (C=O) groups excluding carboxylic acids is 2. The van der Waals surface area contributed by atoms with E-state index in [4.69, 9.17) is 4.74 Å². The largest absolute Gasteiger partial charge is 0.479 e. The van der Waals surface area contributed by atoms with E-state index in [9.17, 15) is 9.59 Å². The summed E-state index contributed by atoms with van der Waals surface area (Å²) in [6.45, 7) is 6.26. The highest BCUT2D eigenvalue weighted by Crippen LogP contribution is 2.37. The molecule has 2 amide bonds. The Hall–Kier alpha value is -2.82. The van der Waals surface area contributed by atoms with Crippen molar-refractivity contribution in [3.8, 4) is 5.75 Å². The average Bonchev–Trinajstić information content (AvgIpc) is 2.67. The van der Waals surface area contributed by atoms with Crippen LogP contribution in [0.2, 0.25) is 0 Å². The van der Waals surface area contributed by atoms with E-state index in [1.807, 2.05) is 56.3 Å². The Morgan fingerprint density at radius 2 is 1.85 bits per heavy atom. The van der Waals surface area contributed by atoms with Gasteiger partial charge < -0.3 is 15.0 Å². The molecule has 0 saturated carbocycles. The molecule has 2 aromatic rings. The molecule has 1 N–H and O–H groups in total. The molecule has 0 fully saturated rings. The van der Waals surface area contributed by atoms with Crippen molar-refractivity contribution in [2.24, 2.45) is 5.92 Å². The number of hydrogen-bond donors (Lipinski definition) is 1. The van der Waals surface area contributed by atoms with Crippen LogP contribution in [0, 0.1) is 5.92 Å². The monoisotopic (exact) mass is 366 g/mol. The summed E-state index contributed by atoms with van der Waals surface area (Å²) in [4.78, 5) is 26.7. The van der Waals surface area contributed by atoms with Gasteiger partial charge in [0.15, 0.2) is 6.10 Å². The predicted molar refractivity (Wildman–Crippen MR) is 107 cm³/mol. The summed E-state index contributed by atoms with van der Waals surface area (Å²) < 4.78 is 5.80. The highest BCUT2D eigenvalue weighted by molar-refractivity contribution is 6.00. The van der Waals surface area contributed by atoms with Crippen LogP contribution in [-0.4, -0.2) is 17.9 Å². The summed E-state index contributed by atoms with van der Waals surface area (Å²) in [5.41, 5.74) is 2.46. The fraction of sp³-hybridized carbons (Fsp3) is 0.364. The molecular weight excluding hydrogens is 340 g/mol. The van der Waals surface area contributed by atoms with Crippen LogP contribution in [0.5, 0.6) is 5.75 Å². The van der Waals surface area contributed by atoms with E-state index >= 15 is 0 Å². The molecule has 1 unspecified atom stereocenters. The van der Waals surface area contributed by atoms with E-state index in [0.29, 0.717) is 18.0 Å². The summed E-state index contributed by atoms with van der Waals surface area (Å²) in [6.07, 6.45) is 1.05. The zero-order valence-corrected chi connectivity index (χ0v) is 16.1. The molecule has 1 aliphatic heterocycles. The predicted octanol–water partition coefficient (Wildman–Crippen LogP) is 4.38. The van der Waals surface area contributed by atoms with Crippen molar-refractivity contribution in [2.45, 2.75) is 46.3 Å². The lowest BCUT2D eigenvalue weighted by Crippen LogP contribution is -2.44. The number of benzene rings is 2. The van der Waals surface area contributed by atoms with E-state index in [1.165, 1.54) is 0 Å². The molecule has 0 saturated heterocycles. The zero-order valence-electron chi connectivity index (χ0n) is 16.1. The molecular formula is C22H26N2O3. The number of rotatable bonds is 6. The van der Waals surface area contributed by atoms with E-state index in [-0.39, 0.29) is 17.7 Å². The molecule has 0 aliphatic carbocycles. The van der Waals surface area contributed by atoms with Gasteiger partial charge >= 0.3 is 0 Å². The first-order valence-corrected chi connectivity index (χ1v) is 9.50. The zero-order chi connectivity index (χ0) is 19.4. The summed E-state index contributed by atoms with van der Waals surface area (Å²) in [6, 6.07) is 15.3. The van der Waals surface area contributed by atoms with Crippen LogP contribution in [0.25, 0.3) is 0 Å². The van der Waals surface area contributed by atoms with Gasteiger partial charge in [-0.2, -0.15) is 0 Å². The summed E-state index contributed by atoms with van der Waals surface area (Å²) in [7, 11) is 0. The van der Waals surface area contributed by atoms with Gasteiger partial charge in [-0.05, 0) is 37.5 Å². The van der Waals surface area contributed by atoms with Crippen LogP contribution in [0.4, 0.5) is 11.4 Å². The number of carbonyl (C=O) groups is 2. The second-order valence-electron chi connectivity index (χ2n) is 6.86. The third-order valence-corrected chi connectivity index (χ3v) is 4.98. The maximum absolute atomic E-state index is 12.7. The van der Waals surface area contributed by atoms with Crippen LogP contribution in [0.1, 0.15) is 39.2 Å². The molecule has 1 aliphatic rings. The van der Waals surface area contributed by atoms with Gasteiger partial charge in [0.1, 0.15) is 5.75 Å². The van der Waals surface area contributed by atoms with Gasteiger partial charge in [-0.25, -0.2) is 0 Å². The first-order chi connectivity index (χ1) is 13.0. The van der Waals surface area contributed by atoms with Crippen molar-refractivity contribution in [1.82, 2.24) is 0 Å². The molecule has 1 heterocycles. The van der Waals surface area contributed by atoms with Crippen molar-refractivity contribution in [3.63, 3.8) is 0 Å². The fourth-order valence-electron chi connectivity index (χ4n) is 3.32. The Balaban J connectivity index is 1.85. The van der Waals surface area contributed by atoms with Crippen molar-refractivity contribution >= 4 is 23.2 Å². The van der Waals surface area contributed by atoms with E-state index < -0.39 is 6.10 Å². The highest BCUT2D eigenvalue weighted by Gasteiger charge is 2.31. The number of amides is 2. The first kappa shape index (κ1) is 19.0. The molecule has 2 aromatic carbocycles. The first-order valence-electron chi connectivity index (χ1n) is 9.50. The maximum atomic E-state index is 12.7. The van der Waals surface area contributed by atoms with Crippen LogP contribution < -0.4 is 15.0 Å². The van der Waals surface area contributed by atoms with Crippen molar-refractivity contribution in [2.75, 3.05) is 10.2 Å². The van der Waals surface area contributed by atoms with Gasteiger partial charge in [0, 0.05) is 17.7 Å². The summed E-state index contributed by atoms with van der Waals surface area (Å²) in [5, 5.41) is 2.96. The van der Waals surface area contributed by atoms with Crippen LogP contribution in [0.15, 0.2) is 48.5 Å². The second kappa shape index (κ2) is 8.25. The van der Waals surface area contributed by atoms with Gasteiger partial charge in [0.05, 0.1) is 12.2 Å². The lowest BCUT2D eigenvalue weighted by molar-refractivity contribution is -0.125. The normalized spacial score (nSPS) is 16.1. The molecule has 0 bridgehead atoms. The molecule has 142 valence electrons. The lowest BCUT2D eigenvalue weighted by atomic mass is 10.0. The number of anilines is 2. The molecule has 1 atom stereocenters. The minimum Gasteiger partial charge on any atom is -0.479 e. The number of nitrogens with one attached hydrogen (secondary N) is 1. The molecule has 3 rings (SSSR count). The van der Waals surface area contributed by atoms with Crippen LogP contribution >= 0.6 is 0 Å². The van der Waals surface area contributed by atoms with Gasteiger partial charge in [-0.1, -0.05) is 44.2 Å². The van der Waals surface area contributed by atoms with Crippen LogP contribution in [0.3, 0.4) is 0 Å². The minimum atomic E-state index is -0.564. The van der Waals surface area contributed by atoms with E-state index in [1.54, 1.807) is 17.9 Å². The number of ether oxygens (including phenoxy) is 1. The standard InChI is InChI=1S/C22H26N2O3/c1-4-17(5-2)21(25)23-18-11-12-19-20(13-18)27-15(3)22(26)24(19)14-16-9-7-6-8-10-16/h6-13,15,17H,4-5,14H2,1-3H3,(H,23,25). The molecule has 27 heavy (non-hydrogen) atoms. The van der Waals surface area contributed by atoms with Crippen molar-refractivity contribution in [1.29, 1.82) is 0 Å². The summed E-state index contributed by atoms with van der Waals surface area (Å²) >= 11 is 0. The Morgan fingerprint density at radius 1 is 1.15 bits per heavy atom. The van der Waals surface area contributed by atoms with Gasteiger partial charge in [0.25, 0.3) is 5.91 Å². The number of nitrogens with zero attached hydrogens (tertiary/aromatic N) is 1. The smallest absolute Gasteiger partial charge is 0.268 e. The lowest BCUT2D eigenvalue weighted by Gasteiger charge is -2.33. The molecule has 5 nitrogen and oxygen atoms in total. The third kappa shape index (κ3) is 4.13. The van der Waals surface area contributed by atoms with E-state index in [0.717, 1.165) is 24.1 Å². The molecule has 0 aromatic heterocycles. The highest BCUT2D eigenvalue weighted by atomic mass is 16.5. The second-order valence-corrected chi connectivity index (χ2v) is 6.86. The molecule has 0 spiro atoms. The third-order valence-electron chi connectivity index (χ3n) is 4.98. The molecule has 0 radical (unpaired) electrons. The topological polar surface area (TPSA) is 58.6 Å². The Bertz CT molecular complexity index is 816. The Labute approximate surface area is 160 Å². The van der Waals surface area contributed by atoms with Crippen molar-refractivity contribution < 1.29 is 14.3 Å². The average molecular weight is 366 g/mol. The quantitative estimate of drug-likeness (QED) is 0.825. The van der Waals surface area contributed by atoms with Gasteiger partial charge in [0.2, 0.25) is 5.91 Å². The molecule has 5 heteroatoms. The SMILES string of the molecule is CCC(CC)C(=O)Nc1ccc2c(c1)OC(C)C(=O)N2Cc1ccccc1. The number of hydrogen-bond acceptors (Lipinski definition) is 3. The van der Waals surface area contributed by atoms with E-state index in [2.05, 4.69) is 5.32 Å². The Morgan fingerprint density at radius 3 is 2.52 bits per heavy atom. The fourth-order valence-corrected chi connectivity index (χ4v) is 3.32. The van der Waals surface area contributed by atoms with Crippen LogP contribution in [-0.2, 0) is 16.1 Å². The summed E-state index contributed by atoms with van der Waals surface area (Å²) in [5.74, 6) is 0.554.